The molecular weight excluding hydrogens is 274 g/mol. The number of aromatic carboxylic acids is 1. The van der Waals surface area contributed by atoms with Crippen molar-refractivity contribution < 1.29 is 19.5 Å². The van der Waals surface area contributed by atoms with Crippen molar-refractivity contribution in [3.63, 3.8) is 0 Å². The van der Waals surface area contributed by atoms with E-state index in [4.69, 9.17) is 5.11 Å². The summed E-state index contributed by atoms with van der Waals surface area (Å²) in [7, 11) is 0. The number of hydrogen-bond acceptors (Lipinski definition) is 4. The van der Waals surface area contributed by atoms with E-state index in [1.54, 1.807) is 6.08 Å². The average Bonchev–Trinajstić information content (AvgIpc) is 2.40. The second kappa shape index (κ2) is 7.81. The van der Waals surface area contributed by atoms with E-state index in [2.05, 4.69) is 22.5 Å². The summed E-state index contributed by atoms with van der Waals surface area (Å²) < 4.78 is 0. The maximum Gasteiger partial charge on any atom is 0.337 e. The largest absolute Gasteiger partial charge is 0.478 e. The number of anilines is 2. The lowest BCUT2D eigenvalue weighted by Crippen LogP contribution is -2.28. The summed E-state index contributed by atoms with van der Waals surface area (Å²) in [5, 5.41) is 17.0. The van der Waals surface area contributed by atoms with Gasteiger partial charge in [0.2, 0.25) is 11.8 Å². The lowest BCUT2D eigenvalue weighted by Gasteiger charge is -2.11. The molecule has 0 fully saturated rings. The standard InChI is InChI=1S/C14H17N3O4/c1-3-6-15-8-13(19)17-12-5-4-10(16-9(2)18)7-11(12)14(20)21/h3-5,7,15H,1,6,8H2,2H3,(H,16,18)(H,17,19)(H,20,21). The van der Waals surface area contributed by atoms with E-state index in [0.29, 0.717) is 12.2 Å². The van der Waals surface area contributed by atoms with Gasteiger partial charge in [-0.1, -0.05) is 6.08 Å². The maximum absolute atomic E-state index is 11.7. The number of carbonyl (C=O) groups excluding carboxylic acids is 2. The first-order chi connectivity index (χ1) is 9.93. The van der Waals surface area contributed by atoms with Gasteiger partial charge in [0.15, 0.2) is 0 Å². The average molecular weight is 291 g/mol. The molecule has 1 aromatic carbocycles. The van der Waals surface area contributed by atoms with Crippen LogP contribution < -0.4 is 16.0 Å². The Bertz CT molecular complexity index is 569. The highest BCUT2D eigenvalue weighted by molar-refractivity contribution is 6.02. The molecule has 0 atom stereocenters. The van der Waals surface area contributed by atoms with Gasteiger partial charge in [-0.3, -0.25) is 9.59 Å². The van der Waals surface area contributed by atoms with Crippen molar-refractivity contribution in [1.29, 1.82) is 0 Å². The van der Waals surface area contributed by atoms with E-state index in [1.165, 1.54) is 25.1 Å². The third kappa shape index (κ3) is 5.45. The van der Waals surface area contributed by atoms with Gasteiger partial charge in [-0.15, -0.1) is 6.58 Å². The molecule has 0 radical (unpaired) electrons. The first-order valence-corrected chi connectivity index (χ1v) is 6.20. The van der Waals surface area contributed by atoms with Crippen molar-refractivity contribution in [2.75, 3.05) is 23.7 Å². The third-order valence-electron chi connectivity index (χ3n) is 2.42. The Balaban J connectivity index is 2.86. The number of carboxylic acid groups (broad SMARTS) is 1. The van der Waals surface area contributed by atoms with E-state index >= 15 is 0 Å². The van der Waals surface area contributed by atoms with Gasteiger partial charge in [0.05, 0.1) is 17.8 Å². The molecule has 0 aromatic heterocycles. The second-order valence-electron chi connectivity index (χ2n) is 4.21. The van der Waals surface area contributed by atoms with E-state index < -0.39 is 5.97 Å². The van der Waals surface area contributed by atoms with E-state index in [1.807, 2.05) is 0 Å². The molecule has 21 heavy (non-hydrogen) atoms. The molecule has 4 N–H and O–H groups in total. The topological polar surface area (TPSA) is 108 Å². The number of carboxylic acids is 1. The molecule has 7 nitrogen and oxygen atoms in total. The molecule has 0 heterocycles. The van der Waals surface area contributed by atoms with Crippen molar-refractivity contribution in [3.8, 4) is 0 Å². The van der Waals surface area contributed by atoms with Crippen LogP contribution in [0.3, 0.4) is 0 Å². The van der Waals surface area contributed by atoms with Crippen molar-refractivity contribution in [2.24, 2.45) is 0 Å². The molecule has 0 unspecified atom stereocenters. The Morgan fingerprint density at radius 2 is 2.00 bits per heavy atom. The minimum atomic E-state index is -1.20. The second-order valence-corrected chi connectivity index (χ2v) is 4.21. The number of carbonyl (C=O) groups is 3. The Labute approximate surface area is 122 Å². The summed E-state index contributed by atoms with van der Waals surface area (Å²) in [6.45, 7) is 5.34. The van der Waals surface area contributed by atoms with Gasteiger partial charge in [-0.05, 0) is 18.2 Å². The lowest BCUT2D eigenvalue weighted by atomic mass is 10.1. The molecule has 0 aliphatic rings. The lowest BCUT2D eigenvalue weighted by molar-refractivity contribution is -0.115. The molecule has 0 aliphatic carbocycles. The summed E-state index contributed by atoms with van der Waals surface area (Å²) in [6.07, 6.45) is 1.61. The number of benzene rings is 1. The van der Waals surface area contributed by atoms with Crippen LogP contribution in [0.5, 0.6) is 0 Å². The van der Waals surface area contributed by atoms with Crippen LogP contribution in [0.4, 0.5) is 11.4 Å². The van der Waals surface area contributed by atoms with Crippen LogP contribution in [0.2, 0.25) is 0 Å². The van der Waals surface area contributed by atoms with Crippen LogP contribution in [0.25, 0.3) is 0 Å². The van der Waals surface area contributed by atoms with Gasteiger partial charge in [0.1, 0.15) is 0 Å². The molecule has 1 aromatic rings. The zero-order chi connectivity index (χ0) is 15.8. The molecule has 2 amide bonds. The summed E-state index contributed by atoms with van der Waals surface area (Å²) in [4.78, 5) is 33.8. The number of nitrogens with one attached hydrogen (secondary N) is 3. The van der Waals surface area contributed by atoms with Crippen molar-refractivity contribution in [3.05, 3.63) is 36.4 Å². The molecular formula is C14H17N3O4. The first kappa shape index (κ1) is 16.4. The Hall–Kier alpha value is -2.67. The Kier molecular flexibility index (Phi) is 6.09. The zero-order valence-electron chi connectivity index (χ0n) is 11.6. The van der Waals surface area contributed by atoms with Crippen LogP contribution in [0.15, 0.2) is 30.9 Å². The molecule has 0 bridgehead atoms. The highest BCUT2D eigenvalue weighted by atomic mass is 16.4. The number of amides is 2. The van der Waals surface area contributed by atoms with Crippen LogP contribution in [-0.4, -0.2) is 36.0 Å². The van der Waals surface area contributed by atoms with Crippen LogP contribution in [-0.2, 0) is 9.59 Å². The summed E-state index contributed by atoms with van der Waals surface area (Å²) in [5.74, 6) is -1.88. The number of rotatable bonds is 7. The van der Waals surface area contributed by atoms with E-state index in [-0.39, 0.29) is 29.6 Å². The van der Waals surface area contributed by atoms with Gasteiger partial charge in [-0.2, -0.15) is 0 Å². The fourth-order valence-electron chi connectivity index (χ4n) is 1.59. The predicted octanol–water partition coefficient (Wildman–Crippen LogP) is 1.06. The van der Waals surface area contributed by atoms with Gasteiger partial charge < -0.3 is 21.1 Å². The minimum Gasteiger partial charge on any atom is -0.478 e. The van der Waals surface area contributed by atoms with Gasteiger partial charge in [0, 0.05) is 19.2 Å². The van der Waals surface area contributed by atoms with Crippen LogP contribution in [0, 0.1) is 0 Å². The third-order valence-corrected chi connectivity index (χ3v) is 2.42. The van der Waals surface area contributed by atoms with Crippen LogP contribution >= 0.6 is 0 Å². The highest BCUT2D eigenvalue weighted by Crippen LogP contribution is 2.20. The molecule has 0 spiro atoms. The fraction of sp³-hybridized carbons (Fsp3) is 0.214. The van der Waals surface area contributed by atoms with Crippen LogP contribution in [0.1, 0.15) is 17.3 Å². The normalized spacial score (nSPS) is 9.76. The Morgan fingerprint density at radius 1 is 1.29 bits per heavy atom. The van der Waals surface area contributed by atoms with Crippen molar-refractivity contribution >= 4 is 29.2 Å². The molecule has 7 heteroatoms. The van der Waals surface area contributed by atoms with Crippen molar-refractivity contribution in [2.45, 2.75) is 6.92 Å². The molecule has 112 valence electrons. The SMILES string of the molecule is C=CCNCC(=O)Nc1ccc(NC(C)=O)cc1C(=O)O. The van der Waals surface area contributed by atoms with Gasteiger partial charge in [-0.25, -0.2) is 4.79 Å². The molecule has 0 saturated carbocycles. The molecule has 1 rings (SSSR count). The van der Waals surface area contributed by atoms with E-state index in [9.17, 15) is 14.4 Å². The molecule has 0 saturated heterocycles. The summed E-state index contributed by atoms with van der Waals surface area (Å²) in [6, 6.07) is 4.23. The molecule has 0 aliphatic heterocycles. The van der Waals surface area contributed by atoms with Crippen molar-refractivity contribution in [1.82, 2.24) is 5.32 Å². The highest BCUT2D eigenvalue weighted by Gasteiger charge is 2.13. The minimum absolute atomic E-state index is 0.0402. The fourth-order valence-corrected chi connectivity index (χ4v) is 1.59. The monoisotopic (exact) mass is 291 g/mol. The predicted molar refractivity (Wildman–Crippen MR) is 79.4 cm³/mol. The smallest absolute Gasteiger partial charge is 0.337 e. The van der Waals surface area contributed by atoms with Gasteiger partial charge >= 0.3 is 5.97 Å². The quantitative estimate of drug-likeness (QED) is 0.444. The van der Waals surface area contributed by atoms with E-state index in [0.717, 1.165) is 0 Å². The first-order valence-electron chi connectivity index (χ1n) is 6.20. The summed E-state index contributed by atoms with van der Waals surface area (Å²) >= 11 is 0. The summed E-state index contributed by atoms with van der Waals surface area (Å²) in [5.41, 5.74) is 0.419. The zero-order valence-corrected chi connectivity index (χ0v) is 11.6. The Morgan fingerprint density at radius 3 is 2.57 bits per heavy atom. The van der Waals surface area contributed by atoms with Gasteiger partial charge in [0.25, 0.3) is 0 Å². The maximum atomic E-state index is 11.7. The number of hydrogen-bond donors (Lipinski definition) is 4.